The largest absolute Gasteiger partial charge is 0.449 e. The Hall–Kier alpha value is -3.79. The first-order valence-electron chi connectivity index (χ1n) is 13.8. The van der Waals surface area contributed by atoms with Crippen LogP contribution in [0.3, 0.4) is 0 Å². The van der Waals surface area contributed by atoms with E-state index in [-0.39, 0.29) is 24.4 Å². The third-order valence-electron chi connectivity index (χ3n) is 8.05. The fourth-order valence-corrected chi connectivity index (χ4v) is 6.24. The highest BCUT2D eigenvalue weighted by atomic mass is 19.2. The number of rotatable bonds is 6. The number of amides is 1. The van der Waals surface area contributed by atoms with Crippen LogP contribution in [0.2, 0.25) is 0 Å². The maximum Gasteiger partial charge on any atom is 0.414 e. The average molecular weight is 551 g/mol. The Balaban J connectivity index is 1.48. The highest BCUT2D eigenvalue weighted by molar-refractivity contribution is 5.90. The fraction of sp³-hybridized carbons (Fsp3) is 0.433. The molecule has 1 saturated heterocycles. The van der Waals surface area contributed by atoms with Gasteiger partial charge in [-0.15, -0.1) is 0 Å². The normalized spacial score (nSPS) is 21.7. The number of benzene rings is 2. The zero-order valence-corrected chi connectivity index (χ0v) is 22.8. The number of aryl methyl sites for hydroxylation is 2. The third kappa shape index (κ3) is 4.64. The van der Waals surface area contributed by atoms with Crippen molar-refractivity contribution in [2.24, 2.45) is 0 Å². The Bertz CT molecular complexity index is 1540. The minimum Gasteiger partial charge on any atom is -0.449 e. The fourth-order valence-electron chi connectivity index (χ4n) is 6.24. The highest BCUT2D eigenvalue weighted by Gasteiger charge is 2.38. The van der Waals surface area contributed by atoms with Crippen LogP contribution in [-0.2, 0) is 9.47 Å². The molecule has 1 amide bonds. The van der Waals surface area contributed by atoms with Crippen LogP contribution in [-0.4, -0.2) is 40.1 Å². The Labute approximate surface area is 230 Å². The SMILES string of the molecule is CCOC1CCC(n2c([C@@H]3CCOC(=O)N3c3ccc(F)c(F)c3)nc3cc(-c4c(C)noc4C)ccc32)CC1. The molecular formula is C30H32F2N4O4. The van der Waals surface area contributed by atoms with Crippen molar-refractivity contribution in [2.75, 3.05) is 18.1 Å². The summed E-state index contributed by atoms with van der Waals surface area (Å²) in [6.45, 7) is 6.69. The number of ether oxygens (including phenoxy) is 2. The van der Waals surface area contributed by atoms with Crippen molar-refractivity contribution in [2.45, 2.75) is 71.1 Å². The molecule has 40 heavy (non-hydrogen) atoms. The van der Waals surface area contributed by atoms with E-state index in [1.165, 1.54) is 11.0 Å². The Morgan fingerprint density at radius 2 is 1.82 bits per heavy atom. The number of aromatic nitrogens is 3. The summed E-state index contributed by atoms with van der Waals surface area (Å²) in [7, 11) is 0. The summed E-state index contributed by atoms with van der Waals surface area (Å²) in [4.78, 5) is 19.6. The molecule has 4 aromatic rings. The minimum atomic E-state index is -1.03. The van der Waals surface area contributed by atoms with Crippen LogP contribution in [0, 0.1) is 25.5 Å². The molecule has 2 aromatic heterocycles. The van der Waals surface area contributed by atoms with E-state index in [0.29, 0.717) is 18.9 Å². The van der Waals surface area contributed by atoms with Crippen molar-refractivity contribution in [3.05, 3.63) is 65.3 Å². The van der Waals surface area contributed by atoms with E-state index < -0.39 is 23.8 Å². The van der Waals surface area contributed by atoms with Crippen LogP contribution >= 0.6 is 0 Å². The van der Waals surface area contributed by atoms with Gasteiger partial charge in [0.2, 0.25) is 0 Å². The molecule has 10 heteroatoms. The summed E-state index contributed by atoms with van der Waals surface area (Å²) >= 11 is 0. The van der Waals surface area contributed by atoms with Gasteiger partial charge in [-0.3, -0.25) is 4.90 Å². The number of anilines is 1. The van der Waals surface area contributed by atoms with Gasteiger partial charge in [0.15, 0.2) is 11.6 Å². The van der Waals surface area contributed by atoms with Crippen LogP contribution in [0.25, 0.3) is 22.2 Å². The second-order valence-corrected chi connectivity index (χ2v) is 10.5. The van der Waals surface area contributed by atoms with Crippen molar-refractivity contribution < 1.29 is 27.6 Å². The molecule has 0 radical (unpaired) electrons. The van der Waals surface area contributed by atoms with Crippen molar-refractivity contribution in [1.82, 2.24) is 14.7 Å². The second kappa shape index (κ2) is 10.6. The zero-order chi connectivity index (χ0) is 28.0. The average Bonchev–Trinajstić information content (AvgIpc) is 3.49. The quantitative estimate of drug-likeness (QED) is 0.253. The Morgan fingerprint density at radius 1 is 1.02 bits per heavy atom. The number of imidazole rings is 1. The molecule has 0 bridgehead atoms. The lowest BCUT2D eigenvalue weighted by atomic mass is 9.92. The van der Waals surface area contributed by atoms with Crippen molar-refractivity contribution in [1.29, 1.82) is 0 Å². The minimum absolute atomic E-state index is 0.145. The molecule has 3 heterocycles. The Kier molecular flexibility index (Phi) is 7.04. The van der Waals surface area contributed by atoms with Gasteiger partial charge in [-0.25, -0.2) is 18.6 Å². The molecule has 0 unspecified atom stereocenters. The molecule has 2 aromatic carbocycles. The number of carbonyl (C=O) groups is 1. The standard InChI is InChI=1S/C30H32F2N4O4/c1-4-38-22-9-6-20(7-10-22)35-26-12-5-19(28-17(2)34-40-18(28)3)15-25(26)33-29(35)27-13-14-39-30(37)36(27)21-8-11-23(31)24(32)16-21/h5,8,11-12,15-16,20,22,27H,4,6-7,9-10,13-14H2,1-3H3/t20?,22?,27-/m0/s1. The van der Waals surface area contributed by atoms with Crippen LogP contribution in [0.5, 0.6) is 0 Å². The number of carbonyl (C=O) groups excluding carboxylic acids is 1. The van der Waals surface area contributed by atoms with Crippen LogP contribution in [0.4, 0.5) is 19.3 Å². The van der Waals surface area contributed by atoms with Crippen molar-refractivity contribution in [3.63, 3.8) is 0 Å². The maximum atomic E-state index is 14.3. The molecule has 1 aliphatic carbocycles. The molecule has 1 saturated carbocycles. The summed E-state index contributed by atoms with van der Waals surface area (Å²) in [6.07, 6.45) is 3.72. The van der Waals surface area contributed by atoms with E-state index in [9.17, 15) is 13.6 Å². The molecule has 1 atom stereocenters. The number of halogens is 2. The van der Waals surface area contributed by atoms with Gasteiger partial charge in [0.05, 0.1) is 35.1 Å². The van der Waals surface area contributed by atoms with Crippen LogP contribution < -0.4 is 4.90 Å². The van der Waals surface area contributed by atoms with Gasteiger partial charge in [0.25, 0.3) is 0 Å². The predicted molar refractivity (Wildman–Crippen MR) is 145 cm³/mol. The number of cyclic esters (lactones) is 1. The molecule has 2 fully saturated rings. The topological polar surface area (TPSA) is 82.6 Å². The molecule has 2 aliphatic rings. The molecular weight excluding hydrogens is 518 g/mol. The summed E-state index contributed by atoms with van der Waals surface area (Å²) in [5, 5.41) is 4.10. The number of fused-ring (bicyclic) bond motifs is 1. The summed E-state index contributed by atoms with van der Waals surface area (Å²) in [6, 6.07) is 9.21. The van der Waals surface area contributed by atoms with Gasteiger partial charge in [0.1, 0.15) is 17.6 Å². The van der Waals surface area contributed by atoms with Gasteiger partial charge in [-0.2, -0.15) is 0 Å². The molecule has 0 N–H and O–H groups in total. The smallest absolute Gasteiger partial charge is 0.414 e. The van der Waals surface area contributed by atoms with E-state index in [0.717, 1.165) is 71.4 Å². The molecule has 210 valence electrons. The zero-order valence-electron chi connectivity index (χ0n) is 22.8. The molecule has 6 rings (SSSR count). The van der Waals surface area contributed by atoms with E-state index in [1.807, 2.05) is 32.9 Å². The lowest BCUT2D eigenvalue weighted by molar-refractivity contribution is 0.0270. The van der Waals surface area contributed by atoms with E-state index in [1.54, 1.807) is 0 Å². The van der Waals surface area contributed by atoms with E-state index >= 15 is 0 Å². The first kappa shape index (κ1) is 26.4. The third-order valence-corrected chi connectivity index (χ3v) is 8.05. The predicted octanol–water partition coefficient (Wildman–Crippen LogP) is 7.19. The summed E-state index contributed by atoms with van der Waals surface area (Å²) < 4.78 is 47.0. The monoisotopic (exact) mass is 550 g/mol. The van der Waals surface area contributed by atoms with Gasteiger partial charge < -0.3 is 18.6 Å². The lowest BCUT2D eigenvalue weighted by Crippen LogP contribution is -2.42. The van der Waals surface area contributed by atoms with Crippen molar-refractivity contribution >= 4 is 22.8 Å². The van der Waals surface area contributed by atoms with E-state index in [2.05, 4.69) is 15.8 Å². The number of nitrogens with zero attached hydrogens (tertiary/aromatic N) is 4. The van der Waals surface area contributed by atoms with Gasteiger partial charge in [-0.05, 0) is 76.3 Å². The van der Waals surface area contributed by atoms with Crippen LogP contribution in [0.1, 0.15) is 68.4 Å². The number of hydrogen-bond acceptors (Lipinski definition) is 6. The van der Waals surface area contributed by atoms with Crippen molar-refractivity contribution in [3.8, 4) is 11.1 Å². The van der Waals surface area contributed by atoms with Gasteiger partial charge >= 0.3 is 6.09 Å². The number of hydrogen-bond donors (Lipinski definition) is 0. The van der Waals surface area contributed by atoms with E-state index in [4.69, 9.17) is 19.0 Å². The molecule has 8 nitrogen and oxygen atoms in total. The van der Waals surface area contributed by atoms with Gasteiger partial charge in [0, 0.05) is 30.7 Å². The first-order valence-corrected chi connectivity index (χ1v) is 13.8. The van der Waals surface area contributed by atoms with Gasteiger partial charge in [-0.1, -0.05) is 11.2 Å². The van der Waals surface area contributed by atoms with Crippen LogP contribution in [0.15, 0.2) is 40.9 Å². The lowest BCUT2D eigenvalue weighted by Gasteiger charge is -2.37. The Morgan fingerprint density at radius 3 is 2.52 bits per heavy atom. The highest BCUT2D eigenvalue weighted by Crippen LogP contribution is 2.41. The first-order chi connectivity index (χ1) is 19.4. The second-order valence-electron chi connectivity index (χ2n) is 10.5. The summed E-state index contributed by atoms with van der Waals surface area (Å²) in [5.41, 5.74) is 4.63. The molecule has 1 aliphatic heterocycles. The summed E-state index contributed by atoms with van der Waals surface area (Å²) in [5.74, 6) is -0.574. The maximum absolute atomic E-state index is 14.3. The molecule has 0 spiro atoms.